The molecule has 2 aromatic heterocycles. The Hall–Kier alpha value is -2.99. The van der Waals surface area contributed by atoms with Gasteiger partial charge in [-0.25, -0.2) is 4.68 Å². The van der Waals surface area contributed by atoms with Gasteiger partial charge in [0.2, 0.25) is 5.91 Å². The van der Waals surface area contributed by atoms with Gasteiger partial charge in [0.25, 0.3) is 0 Å². The predicted octanol–water partition coefficient (Wildman–Crippen LogP) is 4.39. The van der Waals surface area contributed by atoms with Gasteiger partial charge >= 0.3 is 0 Å². The SMILES string of the molecule is Cc1cccc(CN2CCC(n3nccc3NC(=O)CCCc3ccccc3)CC2)n1. The van der Waals surface area contributed by atoms with Crippen LogP contribution in [0.1, 0.15) is 48.7 Å². The van der Waals surface area contributed by atoms with Crippen molar-refractivity contribution >= 4 is 11.7 Å². The number of hydrogen-bond acceptors (Lipinski definition) is 4. The van der Waals surface area contributed by atoms with Crippen LogP contribution < -0.4 is 5.32 Å². The van der Waals surface area contributed by atoms with Gasteiger partial charge in [0.1, 0.15) is 5.82 Å². The zero-order valence-electron chi connectivity index (χ0n) is 18.2. The number of aryl methyl sites for hydroxylation is 2. The van der Waals surface area contributed by atoms with Crippen LogP contribution in [0, 0.1) is 6.92 Å². The lowest BCUT2D eigenvalue weighted by molar-refractivity contribution is -0.116. The molecule has 1 aliphatic heterocycles. The van der Waals surface area contributed by atoms with Crippen LogP contribution in [0.25, 0.3) is 0 Å². The number of nitrogens with zero attached hydrogens (tertiary/aromatic N) is 4. The summed E-state index contributed by atoms with van der Waals surface area (Å²) in [7, 11) is 0. The third-order valence-electron chi connectivity index (χ3n) is 5.88. The van der Waals surface area contributed by atoms with Crippen molar-refractivity contribution < 1.29 is 4.79 Å². The van der Waals surface area contributed by atoms with E-state index in [1.54, 1.807) is 6.20 Å². The fourth-order valence-electron chi connectivity index (χ4n) is 4.25. The highest BCUT2D eigenvalue weighted by Crippen LogP contribution is 2.26. The number of benzene rings is 1. The molecule has 0 bridgehead atoms. The van der Waals surface area contributed by atoms with E-state index in [1.807, 2.05) is 41.9 Å². The standard InChI is InChI=1S/C25H31N5O/c1-20-7-5-11-22(27-20)19-29-17-14-23(15-18-29)30-24(13-16-26-30)28-25(31)12-6-10-21-8-3-2-4-9-21/h2-5,7-9,11,13,16,23H,6,10,12,14-15,17-19H2,1H3,(H,28,31). The average molecular weight is 418 g/mol. The zero-order valence-corrected chi connectivity index (χ0v) is 18.2. The summed E-state index contributed by atoms with van der Waals surface area (Å²) in [4.78, 5) is 19.5. The number of nitrogens with one attached hydrogen (secondary N) is 1. The second-order valence-corrected chi connectivity index (χ2v) is 8.33. The molecule has 0 radical (unpaired) electrons. The molecule has 6 nitrogen and oxygen atoms in total. The van der Waals surface area contributed by atoms with Gasteiger partial charge in [-0.05, 0) is 50.3 Å². The van der Waals surface area contributed by atoms with Gasteiger partial charge in [-0.1, -0.05) is 36.4 Å². The first-order valence-electron chi connectivity index (χ1n) is 11.2. The van der Waals surface area contributed by atoms with Crippen LogP contribution in [0.5, 0.6) is 0 Å². The summed E-state index contributed by atoms with van der Waals surface area (Å²) >= 11 is 0. The molecule has 6 heteroatoms. The van der Waals surface area contributed by atoms with E-state index in [0.29, 0.717) is 12.5 Å². The van der Waals surface area contributed by atoms with Gasteiger partial charge in [-0.3, -0.25) is 14.7 Å². The molecule has 1 saturated heterocycles. The normalized spacial score (nSPS) is 15.1. The number of rotatable bonds is 8. The van der Waals surface area contributed by atoms with E-state index in [1.165, 1.54) is 5.56 Å². The molecule has 0 aliphatic carbocycles. The summed E-state index contributed by atoms with van der Waals surface area (Å²) in [5, 5.41) is 7.58. The molecular formula is C25H31N5O. The quantitative estimate of drug-likeness (QED) is 0.591. The van der Waals surface area contributed by atoms with Crippen molar-refractivity contribution in [2.45, 2.75) is 51.6 Å². The summed E-state index contributed by atoms with van der Waals surface area (Å²) in [5.41, 5.74) is 3.46. The minimum atomic E-state index is 0.0561. The molecule has 31 heavy (non-hydrogen) atoms. The van der Waals surface area contributed by atoms with Crippen LogP contribution in [0.2, 0.25) is 0 Å². The molecule has 0 unspecified atom stereocenters. The molecule has 0 spiro atoms. The minimum Gasteiger partial charge on any atom is -0.311 e. The highest BCUT2D eigenvalue weighted by molar-refractivity contribution is 5.89. The summed E-state index contributed by atoms with van der Waals surface area (Å²) in [6, 6.07) is 18.7. The highest BCUT2D eigenvalue weighted by atomic mass is 16.1. The number of anilines is 1. The maximum Gasteiger partial charge on any atom is 0.225 e. The third-order valence-corrected chi connectivity index (χ3v) is 5.88. The predicted molar refractivity (Wildman–Crippen MR) is 123 cm³/mol. The third kappa shape index (κ3) is 6.01. The van der Waals surface area contributed by atoms with Crippen LogP contribution in [0.15, 0.2) is 60.8 Å². The van der Waals surface area contributed by atoms with Gasteiger partial charge in [0, 0.05) is 37.8 Å². The first-order valence-corrected chi connectivity index (χ1v) is 11.2. The summed E-state index contributed by atoms with van der Waals surface area (Å²) in [5.74, 6) is 0.865. The Bertz CT molecular complexity index is 976. The molecule has 1 amide bonds. The molecule has 1 N–H and O–H groups in total. The van der Waals surface area contributed by atoms with Crippen LogP contribution in [-0.2, 0) is 17.8 Å². The van der Waals surface area contributed by atoms with Gasteiger partial charge in [0.15, 0.2) is 0 Å². The second-order valence-electron chi connectivity index (χ2n) is 8.33. The van der Waals surface area contributed by atoms with Crippen LogP contribution in [-0.4, -0.2) is 38.7 Å². The fourth-order valence-corrected chi connectivity index (χ4v) is 4.25. The van der Waals surface area contributed by atoms with Crippen LogP contribution >= 0.6 is 0 Å². The highest BCUT2D eigenvalue weighted by Gasteiger charge is 2.23. The summed E-state index contributed by atoms with van der Waals surface area (Å²) < 4.78 is 2.00. The summed E-state index contributed by atoms with van der Waals surface area (Å²) in [6.45, 7) is 4.93. The number of carbonyl (C=O) groups is 1. The number of pyridine rings is 1. The first kappa shape index (κ1) is 21.2. The van der Waals surface area contributed by atoms with Crippen molar-refractivity contribution in [2.24, 2.45) is 0 Å². The van der Waals surface area contributed by atoms with Gasteiger partial charge < -0.3 is 5.32 Å². The van der Waals surface area contributed by atoms with Gasteiger partial charge in [-0.15, -0.1) is 0 Å². The molecular weight excluding hydrogens is 386 g/mol. The van der Waals surface area contributed by atoms with E-state index in [-0.39, 0.29) is 5.91 Å². The molecule has 4 rings (SSSR count). The molecule has 162 valence electrons. The maximum atomic E-state index is 12.5. The number of amides is 1. The second kappa shape index (κ2) is 10.4. The Morgan fingerprint density at radius 1 is 1.06 bits per heavy atom. The lowest BCUT2D eigenvalue weighted by Gasteiger charge is -2.32. The van der Waals surface area contributed by atoms with Gasteiger partial charge in [0.05, 0.1) is 17.9 Å². The largest absolute Gasteiger partial charge is 0.311 e. The van der Waals surface area contributed by atoms with Crippen molar-refractivity contribution in [2.75, 3.05) is 18.4 Å². The molecule has 3 aromatic rings. The molecule has 0 saturated carbocycles. The lowest BCUT2D eigenvalue weighted by Crippen LogP contribution is -2.35. The Balaban J connectivity index is 1.25. The lowest BCUT2D eigenvalue weighted by atomic mass is 10.0. The molecule has 1 aliphatic rings. The van der Waals surface area contributed by atoms with E-state index in [2.05, 4.69) is 44.6 Å². The number of likely N-dealkylation sites (tertiary alicyclic amines) is 1. The number of piperidine rings is 1. The van der Waals surface area contributed by atoms with E-state index in [4.69, 9.17) is 0 Å². The van der Waals surface area contributed by atoms with Crippen LogP contribution in [0.4, 0.5) is 5.82 Å². The van der Waals surface area contributed by atoms with Crippen molar-refractivity contribution in [1.82, 2.24) is 19.7 Å². The summed E-state index contributed by atoms with van der Waals surface area (Å²) in [6.07, 6.45) is 6.09. The smallest absolute Gasteiger partial charge is 0.225 e. The number of aromatic nitrogens is 3. The average Bonchev–Trinajstić information content (AvgIpc) is 3.23. The molecule has 3 heterocycles. The minimum absolute atomic E-state index is 0.0561. The number of carbonyl (C=O) groups excluding carboxylic acids is 1. The van der Waals surface area contributed by atoms with Crippen molar-refractivity contribution in [3.63, 3.8) is 0 Å². The Kier molecular flexibility index (Phi) is 7.10. The molecule has 1 fully saturated rings. The van der Waals surface area contributed by atoms with E-state index in [9.17, 15) is 4.79 Å². The molecule has 1 aromatic carbocycles. The van der Waals surface area contributed by atoms with Crippen molar-refractivity contribution in [3.8, 4) is 0 Å². The number of hydrogen-bond donors (Lipinski definition) is 1. The Morgan fingerprint density at radius 3 is 2.65 bits per heavy atom. The van der Waals surface area contributed by atoms with Crippen molar-refractivity contribution in [1.29, 1.82) is 0 Å². The van der Waals surface area contributed by atoms with E-state index in [0.717, 1.165) is 62.5 Å². The van der Waals surface area contributed by atoms with Gasteiger partial charge in [-0.2, -0.15) is 5.10 Å². The fraction of sp³-hybridized carbons (Fsp3) is 0.400. The van der Waals surface area contributed by atoms with Crippen molar-refractivity contribution in [3.05, 3.63) is 77.7 Å². The van der Waals surface area contributed by atoms with Crippen LogP contribution in [0.3, 0.4) is 0 Å². The zero-order chi connectivity index (χ0) is 21.5. The van der Waals surface area contributed by atoms with E-state index < -0.39 is 0 Å². The van der Waals surface area contributed by atoms with E-state index >= 15 is 0 Å². The monoisotopic (exact) mass is 417 g/mol. The Labute approximate surface area is 184 Å². The Morgan fingerprint density at radius 2 is 1.87 bits per heavy atom. The maximum absolute atomic E-state index is 12.5. The first-order chi connectivity index (χ1) is 15.2. The molecule has 0 atom stereocenters. The topological polar surface area (TPSA) is 63.1 Å².